The Hall–Kier alpha value is -1.48. The molecule has 0 radical (unpaired) electrons. The van der Waals surface area contributed by atoms with Crippen molar-refractivity contribution in [1.29, 1.82) is 0 Å². The second kappa shape index (κ2) is 4.58. The maximum absolute atomic E-state index is 5.90. The van der Waals surface area contributed by atoms with E-state index in [9.17, 15) is 0 Å². The van der Waals surface area contributed by atoms with Crippen LogP contribution in [-0.4, -0.2) is 25.8 Å². The fourth-order valence-corrected chi connectivity index (χ4v) is 1.95. The van der Waals surface area contributed by atoms with E-state index in [2.05, 4.69) is 11.9 Å². The van der Waals surface area contributed by atoms with E-state index in [0.29, 0.717) is 6.61 Å². The number of hydrogen-bond acceptors (Lipinski definition) is 3. The number of benzene rings is 1. The van der Waals surface area contributed by atoms with Gasteiger partial charge in [0.1, 0.15) is 6.61 Å². The molecule has 0 saturated heterocycles. The van der Waals surface area contributed by atoms with E-state index < -0.39 is 0 Å². The molecule has 1 aromatic carbocycles. The molecule has 2 atom stereocenters. The minimum absolute atomic E-state index is 0.0163. The largest absolute Gasteiger partial charge is 0.486 e. The molecule has 86 valence electrons. The van der Waals surface area contributed by atoms with Crippen LogP contribution in [-0.2, 0) is 0 Å². The third-order valence-corrected chi connectivity index (χ3v) is 2.74. The molecule has 16 heavy (non-hydrogen) atoms. The molecule has 3 nitrogen and oxygen atoms in total. The highest BCUT2D eigenvalue weighted by Gasteiger charge is 2.28. The molecule has 2 unspecified atom stereocenters. The molecule has 1 N–H and O–H groups in total. The number of para-hydroxylation sites is 2. The number of hydrogen-bond donors (Lipinski definition) is 1. The van der Waals surface area contributed by atoms with E-state index in [1.807, 2.05) is 38.2 Å². The van der Waals surface area contributed by atoms with E-state index in [4.69, 9.17) is 9.47 Å². The molecule has 0 saturated carbocycles. The third-order valence-electron chi connectivity index (χ3n) is 2.74. The molecule has 0 aliphatic carbocycles. The van der Waals surface area contributed by atoms with E-state index >= 15 is 0 Å². The minimum atomic E-state index is -0.0163. The molecule has 1 aliphatic heterocycles. The summed E-state index contributed by atoms with van der Waals surface area (Å²) < 4.78 is 11.6. The predicted molar refractivity (Wildman–Crippen MR) is 64.0 cm³/mol. The van der Waals surface area contributed by atoms with Gasteiger partial charge < -0.3 is 14.8 Å². The summed E-state index contributed by atoms with van der Waals surface area (Å²) in [6.45, 7) is 6.50. The van der Waals surface area contributed by atoms with Gasteiger partial charge >= 0.3 is 0 Å². The summed E-state index contributed by atoms with van der Waals surface area (Å²) in [6.07, 6.45) is -0.0163. The summed E-state index contributed by atoms with van der Waals surface area (Å²) in [5, 5.41) is 3.20. The first-order valence-corrected chi connectivity index (χ1v) is 5.43. The SMILES string of the molecule is C=C(C)C(NC)C1COc2ccccc2O1. The predicted octanol–water partition coefficient (Wildman–Crippen LogP) is 1.99. The summed E-state index contributed by atoms with van der Waals surface area (Å²) in [5.74, 6) is 1.62. The Balaban J connectivity index is 2.15. The molecule has 0 amide bonds. The standard InChI is InChI=1S/C13H17NO2/c1-9(2)13(14-3)12-8-15-10-6-4-5-7-11(10)16-12/h4-7,12-14H,1,8H2,2-3H3. The fourth-order valence-electron chi connectivity index (χ4n) is 1.95. The molecule has 0 aromatic heterocycles. The zero-order valence-electron chi connectivity index (χ0n) is 9.69. The van der Waals surface area contributed by atoms with E-state index in [-0.39, 0.29) is 12.1 Å². The highest BCUT2D eigenvalue weighted by atomic mass is 16.6. The first-order valence-electron chi connectivity index (χ1n) is 5.43. The van der Waals surface area contributed by atoms with E-state index in [1.54, 1.807) is 0 Å². The number of ether oxygens (including phenoxy) is 2. The summed E-state index contributed by atoms with van der Waals surface area (Å²) in [7, 11) is 1.91. The first-order chi connectivity index (χ1) is 7.72. The Kier molecular flexibility index (Phi) is 3.15. The van der Waals surface area contributed by atoms with Crippen molar-refractivity contribution in [1.82, 2.24) is 5.32 Å². The summed E-state index contributed by atoms with van der Waals surface area (Å²) >= 11 is 0. The van der Waals surface area contributed by atoms with Gasteiger partial charge in [0.25, 0.3) is 0 Å². The lowest BCUT2D eigenvalue weighted by atomic mass is 10.0. The summed E-state index contributed by atoms with van der Waals surface area (Å²) in [5.41, 5.74) is 1.05. The van der Waals surface area contributed by atoms with Crippen molar-refractivity contribution >= 4 is 0 Å². The van der Waals surface area contributed by atoms with Gasteiger partial charge in [-0.3, -0.25) is 0 Å². The average Bonchev–Trinajstić information content (AvgIpc) is 2.29. The van der Waals surface area contributed by atoms with Crippen LogP contribution in [0.15, 0.2) is 36.4 Å². The van der Waals surface area contributed by atoms with Gasteiger partial charge in [-0.1, -0.05) is 24.3 Å². The molecule has 1 aliphatic rings. The number of nitrogens with one attached hydrogen (secondary N) is 1. The van der Waals surface area contributed by atoms with Crippen LogP contribution < -0.4 is 14.8 Å². The van der Waals surface area contributed by atoms with Gasteiger partial charge in [-0.15, -0.1) is 0 Å². The van der Waals surface area contributed by atoms with Crippen LogP contribution in [0.3, 0.4) is 0 Å². The van der Waals surface area contributed by atoms with E-state index in [0.717, 1.165) is 17.1 Å². The monoisotopic (exact) mass is 219 g/mol. The van der Waals surface area contributed by atoms with Crippen LogP contribution in [0.25, 0.3) is 0 Å². The maximum atomic E-state index is 5.90. The van der Waals surface area contributed by atoms with Gasteiger partial charge in [0.15, 0.2) is 17.6 Å². The van der Waals surface area contributed by atoms with Gasteiger partial charge in [0.05, 0.1) is 6.04 Å². The molecule has 0 spiro atoms. The van der Waals surface area contributed by atoms with Crippen LogP contribution in [0.5, 0.6) is 11.5 Å². The lowest BCUT2D eigenvalue weighted by molar-refractivity contribution is 0.0730. The molecular weight excluding hydrogens is 202 g/mol. The summed E-state index contributed by atoms with van der Waals surface area (Å²) in [6, 6.07) is 7.84. The molecular formula is C13H17NO2. The molecule has 0 fully saturated rings. The second-order valence-electron chi connectivity index (χ2n) is 4.03. The lowest BCUT2D eigenvalue weighted by Gasteiger charge is -2.32. The topological polar surface area (TPSA) is 30.5 Å². The van der Waals surface area contributed by atoms with Crippen molar-refractivity contribution in [3.63, 3.8) is 0 Å². The van der Waals surface area contributed by atoms with Crippen molar-refractivity contribution in [2.24, 2.45) is 0 Å². The highest BCUT2D eigenvalue weighted by Crippen LogP contribution is 2.32. The normalized spacial score (nSPS) is 20.2. The zero-order chi connectivity index (χ0) is 11.5. The number of rotatable bonds is 3. The van der Waals surface area contributed by atoms with Crippen LogP contribution in [0.2, 0.25) is 0 Å². The highest BCUT2D eigenvalue weighted by molar-refractivity contribution is 5.41. The quantitative estimate of drug-likeness (QED) is 0.789. The van der Waals surface area contributed by atoms with Crippen LogP contribution in [0.1, 0.15) is 6.92 Å². The Morgan fingerprint density at radius 3 is 2.75 bits per heavy atom. The Bertz CT molecular complexity index is 389. The molecule has 1 aromatic rings. The van der Waals surface area contributed by atoms with Crippen molar-refractivity contribution < 1.29 is 9.47 Å². The smallest absolute Gasteiger partial charge is 0.161 e. The molecule has 1 heterocycles. The lowest BCUT2D eigenvalue weighted by Crippen LogP contribution is -2.47. The average molecular weight is 219 g/mol. The van der Waals surface area contributed by atoms with Gasteiger partial charge in [-0.2, -0.15) is 0 Å². The van der Waals surface area contributed by atoms with Gasteiger partial charge in [-0.25, -0.2) is 0 Å². The number of fused-ring (bicyclic) bond motifs is 1. The van der Waals surface area contributed by atoms with Crippen LogP contribution in [0, 0.1) is 0 Å². The maximum Gasteiger partial charge on any atom is 0.161 e. The van der Waals surface area contributed by atoms with E-state index in [1.165, 1.54) is 0 Å². The van der Waals surface area contributed by atoms with Crippen LogP contribution in [0.4, 0.5) is 0 Å². The van der Waals surface area contributed by atoms with Gasteiger partial charge in [0, 0.05) is 0 Å². The summed E-state index contributed by atoms with van der Waals surface area (Å²) in [4.78, 5) is 0. The fraction of sp³-hybridized carbons (Fsp3) is 0.385. The second-order valence-corrected chi connectivity index (χ2v) is 4.03. The number of likely N-dealkylation sites (N-methyl/N-ethyl adjacent to an activating group) is 1. The molecule has 2 rings (SSSR count). The first kappa shape index (κ1) is 11.0. The molecule has 3 heteroatoms. The molecule has 0 bridgehead atoms. The Labute approximate surface area is 96.1 Å². The third kappa shape index (κ3) is 2.04. The van der Waals surface area contributed by atoms with Crippen molar-refractivity contribution in [3.05, 3.63) is 36.4 Å². The Morgan fingerprint density at radius 1 is 1.44 bits per heavy atom. The van der Waals surface area contributed by atoms with Crippen molar-refractivity contribution in [3.8, 4) is 11.5 Å². The Morgan fingerprint density at radius 2 is 2.12 bits per heavy atom. The van der Waals surface area contributed by atoms with Gasteiger partial charge in [-0.05, 0) is 26.1 Å². The van der Waals surface area contributed by atoms with Crippen LogP contribution >= 0.6 is 0 Å². The van der Waals surface area contributed by atoms with Crippen molar-refractivity contribution in [2.75, 3.05) is 13.7 Å². The minimum Gasteiger partial charge on any atom is -0.486 e. The van der Waals surface area contributed by atoms with Gasteiger partial charge in [0.2, 0.25) is 0 Å². The zero-order valence-corrected chi connectivity index (χ0v) is 9.69. The van der Waals surface area contributed by atoms with Crippen molar-refractivity contribution in [2.45, 2.75) is 19.1 Å².